The van der Waals surface area contributed by atoms with Crippen LogP contribution in [-0.2, 0) is 0 Å². The first-order valence-electron chi connectivity index (χ1n) is 14.6. The van der Waals surface area contributed by atoms with E-state index >= 15 is 0 Å². The summed E-state index contributed by atoms with van der Waals surface area (Å²) in [5, 5.41) is 4.64. The molecule has 206 valence electrons. The fourth-order valence-electron chi connectivity index (χ4n) is 5.94. The lowest BCUT2D eigenvalue weighted by Gasteiger charge is -2.20. The highest BCUT2D eigenvalue weighted by Gasteiger charge is 2.21. The van der Waals surface area contributed by atoms with Gasteiger partial charge in [0.2, 0.25) is 0 Å². The molecule has 8 rings (SSSR count). The number of fused-ring (bicyclic) bond motifs is 2. The summed E-state index contributed by atoms with van der Waals surface area (Å²) in [5.74, 6) is 0. The third-order valence-electron chi connectivity index (χ3n) is 7.95. The Morgan fingerprint density at radius 1 is 0.341 bits per heavy atom. The first kappa shape index (κ1) is 25.7. The van der Waals surface area contributed by atoms with Gasteiger partial charge in [-0.1, -0.05) is 78.9 Å². The minimum Gasteiger partial charge on any atom is -0.255 e. The number of rotatable bonds is 5. The van der Waals surface area contributed by atoms with Crippen molar-refractivity contribution in [1.29, 1.82) is 0 Å². The van der Waals surface area contributed by atoms with Crippen molar-refractivity contribution in [3.05, 3.63) is 158 Å². The summed E-state index contributed by atoms with van der Waals surface area (Å²) in [5.41, 5.74) is 9.40. The Labute approximate surface area is 255 Å². The third kappa shape index (κ3) is 4.69. The Hall–Kier alpha value is -6.00. The molecule has 0 saturated heterocycles. The maximum Gasteiger partial charge on any atom is 0.0893 e. The summed E-state index contributed by atoms with van der Waals surface area (Å²) < 4.78 is 0. The summed E-state index contributed by atoms with van der Waals surface area (Å²) >= 11 is 0. The van der Waals surface area contributed by atoms with Crippen molar-refractivity contribution < 1.29 is 0 Å². The van der Waals surface area contributed by atoms with Gasteiger partial charge in [0.15, 0.2) is 0 Å². The van der Waals surface area contributed by atoms with Crippen molar-refractivity contribution in [2.75, 3.05) is 0 Å². The molecule has 0 atom stereocenters. The normalized spacial score (nSPS) is 11.2. The molecule has 8 aromatic rings. The van der Waals surface area contributed by atoms with Crippen LogP contribution in [0.15, 0.2) is 158 Å². The van der Waals surface area contributed by atoms with Gasteiger partial charge in [-0.2, -0.15) is 0 Å². The van der Waals surface area contributed by atoms with Gasteiger partial charge in [-0.15, -0.1) is 0 Å². The molecular formula is C40H26N4. The minimum atomic E-state index is 0.830. The van der Waals surface area contributed by atoms with E-state index in [0.717, 1.165) is 67.2 Å². The molecule has 0 aliphatic rings. The molecule has 0 aliphatic heterocycles. The molecule has 0 bridgehead atoms. The Bertz CT molecular complexity index is 2260. The monoisotopic (exact) mass is 562 g/mol. The number of pyridine rings is 4. The summed E-state index contributed by atoms with van der Waals surface area (Å²) in [6, 6.07) is 50.1. The molecule has 0 spiro atoms. The van der Waals surface area contributed by atoms with Crippen LogP contribution in [0.1, 0.15) is 0 Å². The number of hydrogen-bond acceptors (Lipinski definition) is 4. The highest BCUT2D eigenvalue weighted by atomic mass is 14.8. The molecule has 44 heavy (non-hydrogen) atoms. The van der Waals surface area contributed by atoms with E-state index in [9.17, 15) is 0 Å². The summed E-state index contributed by atoms with van der Waals surface area (Å²) in [6.07, 6.45) is 3.61. The van der Waals surface area contributed by atoms with Gasteiger partial charge in [-0.25, -0.2) is 9.97 Å². The highest BCUT2D eigenvalue weighted by Crippen LogP contribution is 2.45. The van der Waals surface area contributed by atoms with E-state index in [1.807, 2.05) is 54.7 Å². The van der Waals surface area contributed by atoms with Gasteiger partial charge in [-0.05, 0) is 93.8 Å². The van der Waals surface area contributed by atoms with Gasteiger partial charge < -0.3 is 0 Å². The SMILES string of the molecule is c1ccc(-c2c(-c3cccc(-c4ccccn4)n3)cc3cc4ccccc4cc3c2-c2cccc(-c3ccccn3)n2)cc1. The Balaban J connectivity index is 1.49. The van der Waals surface area contributed by atoms with Crippen molar-refractivity contribution in [3.8, 4) is 56.4 Å². The van der Waals surface area contributed by atoms with Crippen molar-refractivity contribution in [3.63, 3.8) is 0 Å². The summed E-state index contributed by atoms with van der Waals surface area (Å²) in [6.45, 7) is 0. The smallest absolute Gasteiger partial charge is 0.0893 e. The zero-order valence-corrected chi connectivity index (χ0v) is 23.8. The van der Waals surface area contributed by atoms with Gasteiger partial charge >= 0.3 is 0 Å². The van der Waals surface area contributed by atoms with Crippen LogP contribution in [0.25, 0.3) is 78.0 Å². The van der Waals surface area contributed by atoms with Crippen molar-refractivity contribution in [1.82, 2.24) is 19.9 Å². The molecule has 4 heterocycles. The number of benzene rings is 4. The lowest BCUT2D eigenvalue weighted by molar-refractivity contribution is 1.24. The van der Waals surface area contributed by atoms with Crippen LogP contribution in [0, 0.1) is 0 Å². The van der Waals surface area contributed by atoms with Crippen LogP contribution >= 0.6 is 0 Å². The van der Waals surface area contributed by atoms with Crippen molar-refractivity contribution >= 4 is 21.5 Å². The molecular weight excluding hydrogens is 536 g/mol. The molecule has 4 nitrogen and oxygen atoms in total. The standard InChI is InChI=1S/C40H26N4/c1-2-12-27(13-3-1)39-32(33-18-10-19-36(43-33)34-16-6-8-22-41-34)26-30-24-28-14-4-5-15-29(28)25-31(30)40(39)38-21-11-20-37(44-38)35-17-7-9-23-42-35/h1-26H. The van der Waals surface area contributed by atoms with Crippen LogP contribution in [0.5, 0.6) is 0 Å². The Kier molecular flexibility index (Phi) is 6.43. The zero-order chi connectivity index (χ0) is 29.3. The first-order chi connectivity index (χ1) is 21.8. The van der Waals surface area contributed by atoms with Crippen LogP contribution < -0.4 is 0 Å². The lowest BCUT2D eigenvalue weighted by atomic mass is 9.85. The van der Waals surface area contributed by atoms with Gasteiger partial charge in [0, 0.05) is 29.1 Å². The molecule has 0 amide bonds. The van der Waals surface area contributed by atoms with Crippen molar-refractivity contribution in [2.45, 2.75) is 0 Å². The van der Waals surface area contributed by atoms with E-state index in [1.54, 1.807) is 6.20 Å². The van der Waals surface area contributed by atoms with Crippen LogP contribution in [0.2, 0.25) is 0 Å². The predicted molar refractivity (Wildman–Crippen MR) is 180 cm³/mol. The largest absolute Gasteiger partial charge is 0.255 e. The van der Waals surface area contributed by atoms with Crippen LogP contribution in [0.3, 0.4) is 0 Å². The van der Waals surface area contributed by atoms with Gasteiger partial charge in [-0.3, -0.25) is 9.97 Å². The average molecular weight is 563 g/mol. The summed E-state index contributed by atoms with van der Waals surface area (Å²) in [7, 11) is 0. The van der Waals surface area contributed by atoms with Crippen molar-refractivity contribution in [2.24, 2.45) is 0 Å². The molecule has 4 aromatic carbocycles. The predicted octanol–water partition coefficient (Wildman–Crippen LogP) is 9.91. The fourth-order valence-corrected chi connectivity index (χ4v) is 5.94. The van der Waals surface area contributed by atoms with Gasteiger partial charge in [0.1, 0.15) is 0 Å². The molecule has 0 aliphatic carbocycles. The van der Waals surface area contributed by atoms with E-state index in [4.69, 9.17) is 9.97 Å². The third-order valence-corrected chi connectivity index (χ3v) is 7.95. The topological polar surface area (TPSA) is 51.6 Å². The molecule has 0 N–H and O–H groups in total. The second-order valence-electron chi connectivity index (χ2n) is 10.7. The Morgan fingerprint density at radius 2 is 0.886 bits per heavy atom. The van der Waals surface area contributed by atoms with E-state index in [0.29, 0.717) is 0 Å². The van der Waals surface area contributed by atoms with Gasteiger partial charge in [0.25, 0.3) is 0 Å². The van der Waals surface area contributed by atoms with Crippen LogP contribution in [0.4, 0.5) is 0 Å². The lowest BCUT2D eigenvalue weighted by Crippen LogP contribution is -1.98. The molecule has 4 heteroatoms. The average Bonchev–Trinajstić information content (AvgIpc) is 3.11. The maximum atomic E-state index is 5.24. The summed E-state index contributed by atoms with van der Waals surface area (Å²) in [4.78, 5) is 19.6. The second-order valence-corrected chi connectivity index (χ2v) is 10.7. The zero-order valence-electron chi connectivity index (χ0n) is 23.8. The number of aromatic nitrogens is 4. The van der Waals surface area contributed by atoms with Crippen LogP contribution in [-0.4, -0.2) is 19.9 Å². The van der Waals surface area contributed by atoms with E-state index in [-0.39, 0.29) is 0 Å². The number of hydrogen-bond donors (Lipinski definition) is 0. The number of nitrogens with zero attached hydrogens (tertiary/aromatic N) is 4. The van der Waals surface area contributed by atoms with Gasteiger partial charge in [0.05, 0.1) is 34.2 Å². The minimum absolute atomic E-state index is 0.830. The molecule has 4 aromatic heterocycles. The highest BCUT2D eigenvalue weighted by molar-refractivity contribution is 6.13. The molecule has 0 radical (unpaired) electrons. The Morgan fingerprint density at radius 3 is 1.55 bits per heavy atom. The first-order valence-corrected chi connectivity index (χ1v) is 14.6. The quantitative estimate of drug-likeness (QED) is 0.196. The molecule has 0 unspecified atom stereocenters. The second kappa shape index (κ2) is 11.0. The fraction of sp³-hybridized carbons (Fsp3) is 0. The molecule has 0 fully saturated rings. The van der Waals surface area contributed by atoms with E-state index in [2.05, 4.69) is 107 Å². The molecule has 0 saturated carbocycles. The van der Waals surface area contributed by atoms with E-state index < -0.39 is 0 Å². The van der Waals surface area contributed by atoms with E-state index in [1.165, 1.54) is 10.8 Å². The maximum absolute atomic E-state index is 5.24.